The van der Waals surface area contributed by atoms with Gasteiger partial charge in [-0.05, 0) is 138 Å². The second-order valence-corrected chi connectivity index (χ2v) is 15.5. The first-order chi connectivity index (χ1) is 30.0. The molecule has 3 nitrogen and oxygen atoms in total. The maximum Gasteiger partial charge on any atom is 0.0682 e. The molecule has 0 saturated heterocycles. The summed E-state index contributed by atoms with van der Waals surface area (Å²) in [5.74, 6) is 0. The number of rotatable bonds is 12. The van der Waals surface area contributed by atoms with E-state index in [0.29, 0.717) is 0 Å². The van der Waals surface area contributed by atoms with Crippen LogP contribution in [0.5, 0.6) is 0 Å². The number of hydrogen-bond acceptors (Lipinski definition) is 3. The Morgan fingerprint density at radius 2 is 0.508 bits per heavy atom. The van der Waals surface area contributed by atoms with Crippen LogP contribution in [-0.4, -0.2) is 10.2 Å². The third kappa shape index (κ3) is 8.71. The van der Waals surface area contributed by atoms with Gasteiger partial charge in [-0.3, -0.25) is 0 Å². The zero-order valence-electron chi connectivity index (χ0n) is 34.2. The normalized spacial score (nSPS) is 11.1. The summed E-state index contributed by atoms with van der Waals surface area (Å²) < 4.78 is 0. The Balaban J connectivity index is 1.00. The molecular weight excluding hydrogens is 743 g/mol. The number of nitrogens with zero attached hydrogens (tertiary/aromatic N) is 1. The van der Waals surface area contributed by atoms with Crippen LogP contribution in [0.1, 0.15) is 23.6 Å². The number of benzene rings is 9. The van der Waals surface area contributed by atoms with Crippen molar-refractivity contribution in [3.05, 3.63) is 235 Å². The van der Waals surface area contributed by atoms with Crippen LogP contribution >= 0.6 is 0 Å². The van der Waals surface area contributed by atoms with E-state index in [1.54, 1.807) is 0 Å². The zero-order chi connectivity index (χ0) is 41.5. The SMILES string of the molecule is CCc1cccc(-c2ccc(-c3ccc(N(c4ccc(-c5ccc(-c6cccc(CO)c6)cc5)cc4)c4ccc(-c5ccc(-c6cccc(CO)c6)cc5)cc4)cc3)cc2)c1. The Morgan fingerprint density at radius 3 is 0.770 bits per heavy atom. The second-order valence-electron chi connectivity index (χ2n) is 15.5. The maximum absolute atomic E-state index is 9.63. The summed E-state index contributed by atoms with van der Waals surface area (Å²) in [4.78, 5) is 2.32. The number of hydrogen-bond donors (Lipinski definition) is 2. The highest BCUT2D eigenvalue weighted by Crippen LogP contribution is 2.38. The lowest BCUT2D eigenvalue weighted by Gasteiger charge is -2.26. The van der Waals surface area contributed by atoms with Crippen LogP contribution in [0.15, 0.2) is 218 Å². The molecule has 0 bridgehead atoms. The fraction of sp³-hybridized carbons (Fsp3) is 0.0690. The maximum atomic E-state index is 9.63. The van der Waals surface area contributed by atoms with Crippen molar-refractivity contribution in [2.45, 2.75) is 26.6 Å². The first-order valence-electron chi connectivity index (χ1n) is 21.0. The number of aryl methyl sites for hydroxylation is 1. The van der Waals surface area contributed by atoms with E-state index in [4.69, 9.17) is 0 Å². The highest BCUT2D eigenvalue weighted by atomic mass is 16.3. The molecule has 2 N–H and O–H groups in total. The van der Waals surface area contributed by atoms with Gasteiger partial charge < -0.3 is 15.1 Å². The Morgan fingerprint density at radius 1 is 0.279 bits per heavy atom. The first-order valence-corrected chi connectivity index (χ1v) is 21.0. The summed E-state index contributed by atoms with van der Waals surface area (Å²) in [7, 11) is 0. The van der Waals surface area contributed by atoms with Crippen molar-refractivity contribution in [2.75, 3.05) is 4.90 Å². The standard InChI is InChI=1S/C58H47NO2/c1-2-41-6-3-9-53(36-41)50-18-12-44(13-19-50)47-24-30-56(31-25-47)59(57-32-26-48(27-33-57)45-14-20-51(21-15-45)54-10-4-7-42(37-54)39-60)58-34-28-49(29-35-58)46-16-22-52(23-17-46)55-11-5-8-43(38-55)40-61/h3-38,60-61H,2,39-40H2,1H3. The minimum Gasteiger partial charge on any atom is -0.392 e. The Bertz CT molecular complexity index is 2540. The van der Waals surface area contributed by atoms with E-state index in [-0.39, 0.29) is 13.2 Å². The van der Waals surface area contributed by atoms with Gasteiger partial charge in [0.1, 0.15) is 0 Å². The Labute approximate surface area is 359 Å². The number of aliphatic hydroxyl groups excluding tert-OH is 2. The molecule has 0 amide bonds. The van der Waals surface area contributed by atoms with Crippen molar-refractivity contribution >= 4 is 17.1 Å². The number of anilines is 3. The summed E-state index contributed by atoms with van der Waals surface area (Å²) in [5.41, 5.74) is 20.2. The van der Waals surface area contributed by atoms with Crippen molar-refractivity contribution in [3.63, 3.8) is 0 Å². The van der Waals surface area contributed by atoms with E-state index in [1.165, 1.54) is 27.8 Å². The molecule has 0 spiro atoms. The predicted octanol–water partition coefficient (Wildman–Crippen LogP) is 14.7. The molecule has 9 aromatic carbocycles. The largest absolute Gasteiger partial charge is 0.392 e. The van der Waals surface area contributed by atoms with Gasteiger partial charge in [-0.1, -0.05) is 177 Å². The number of aliphatic hydroxyl groups is 2. The van der Waals surface area contributed by atoms with Crippen molar-refractivity contribution in [1.29, 1.82) is 0 Å². The summed E-state index contributed by atoms with van der Waals surface area (Å²) in [6, 6.07) is 77.5. The fourth-order valence-electron chi connectivity index (χ4n) is 8.09. The summed E-state index contributed by atoms with van der Waals surface area (Å²) in [6.07, 6.45) is 1.03. The van der Waals surface area contributed by atoms with E-state index in [0.717, 1.165) is 79.1 Å². The molecule has 0 heterocycles. The third-order valence-corrected chi connectivity index (χ3v) is 11.6. The lowest BCUT2D eigenvalue weighted by molar-refractivity contribution is 0.281. The average molecular weight is 790 g/mol. The summed E-state index contributed by atoms with van der Waals surface area (Å²) >= 11 is 0. The van der Waals surface area contributed by atoms with Crippen LogP contribution in [0.3, 0.4) is 0 Å². The molecule has 0 unspecified atom stereocenters. The molecule has 0 radical (unpaired) electrons. The molecule has 9 rings (SSSR count). The van der Waals surface area contributed by atoms with Crippen LogP contribution in [-0.2, 0) is 19.6 Å². The van der Waals surface area contributed by atoms with Gasteiger partial charge in [0.05, 0.1) is 13.2 Å². The molecular formula is C58H47NO2. The Kier molecular flexibility index (Phi) is 11.5. The van der Waals surface area contributed by atoms with Crippen molar-refractivity contribution in [3.8, 4) is 66.8 Å². The van der Waals surface area contributed by atoms with Gasteiger partial charge in [-0.25, -0.2) is 0 Å². The predicted molar refractivity (Wildman–Crippen MR) is 255 cm³/mol. The first kappa shape index (κ1) is 39.2. The van der Waals surface area contributed by atoms with Crippen molar-refractivity contribution in [2.24, 2.45) is 0 Å². The molecule has 0 aliphatic rings. The smallest absolute Gasteiger partial charge is 0.0682 e. The highest BCUT2D eigenvalue weighted by molar-refractivity contribution is 5.82. The minimum atomic E-state index is 0.0310. The van der Waals surface area contributed by atoms with E-state index < -0.39 is 0 Å². The molecule has 61 heavy (non-hydrogen) atoms. The van der Waals surface area contributed by atoms with Gasteiger partial charge in [0, 0.05) is 17.1 Å². The molecule has 0 aliphatic heterocycles. The summed E-state index contributed by atoms with van der Waals surface area (Å²) in [6.45, 7) is 2.26. The topological polar surface area (TPSA) is 43.7 Å². The van der Waals surface area contributed by atoms with Gasteiger partial charge >= 0.3 is 0 Å². The van der Waals surface area contributed by atoms with Gasteiger partial charge in [0.15, 0.2) is 0 Å². The quantitative estimate of drug-likeness (QED) is 0.130. The van der Waals surface area contributed by atoms with Crippen LogP contribution in [0.2, 0.25) is 0 Å². The fourth-order valence-corrected chi connectivity index (χ4v) is 8.09. The second kappa shape index (κ2) is 17.9. The molecule has 0 aromatic heterocycles. The van der Waals surface area contributed by atoms with Crippen molar-refractivity contribution < 1.29 is 10.2 Å². The van der Waals surface area contributed by atoms with Crippen LogP contribution in [0, 0.1) is 0 Å². The van der Waals surface area contributed by atoms with Gasteiger partial charge in [-0.15, -0.1) is 0 Å². The minimum absolute atomic E-state index is 0.0310. The summed E-state index contributed by atoms with van der Waals surface area (Å²) in [5, 5.41) is 19.3. The molecule has 9 aromatic rings. The molecule has 0 aliphatic carbocycles. The van der Waals surface area contributed by atoms with E-state index in [1.807, 2.05) is 36.4 Å². The third-order valence-electron chi connectivity index (χ3n) is 11.6. The van der Waals surface area contributed by atoms with Crippen molar-refractivity contribution in [1.82, 2.24) is 0 Å². The highest BCUT2D eigenvalue weighted by Gasteiger charge is 2.15. The monoisotopic (exact) mass is 789 g/mol. The average Bonchev–Trinajstić information content (AvgIpc) is 3.35. The van der Waals surface area contributed by atoms with E-state index >= 15 is 0 Å². The molecule has 0 fully saturated rings. The Hall–Kier alpha value is -7.30. The lowest BCUT2D eigenvalue weighted by Crippen LogP contribution is -2.09. The van der Waals surface area contributed by atoms with Crippen LogP contribution < -0.4 is 4.90 Å². The zero-order valence-corrected chi connectivity index (χ0v) is 34.2. The van der Waals surface area contributed by atoms with Crippen LogP contribution in [0.4, 0.5) is 17.1 Å². The van der Waals surface area contributed by atoms with E-state index in [2.05, 4.69) is 194 Å². The molecule has 0 saturated carbocycles. The van der Waals surface area contributed by atoms with Gasteiger partial charge in [-0.2, -0.15) is 0 Å². The van der Waals surface area contributed by atoms with Crippen LogP contribution in [0.25, 0.3) is 66.8 Å². The molecule has 0 atom stereocenters. The lowest BCUT2D eigenvalue weighted by atomic mass is 9.98. The van der Waals surface area contributed by atoms with Gasteiger partial charge in [0.2, 0.25) is 0 Å². The van der Waals surface area contributed by atoms with Gasteiger partial charge in [0.25, 0.3) is 0 Å². The molecule has 3 heteroatoms. The molecule has 296 valence electrons. The van der Waals surface area contributed by atoms with E-state index in [9.17, 15) is 10.2 Å².